The molecule has 1 atom stereocenters. The lowest BCUT2D eigenvalue weighted by molar-refractivity contribution is -0.115. The number of anilines is 1. The van der Waals surface area contributed by atoms with Crippen LogP contribution in [0.1, 0.15) is 46.9 Å². The van der Waals surface area contributed by atoms with Gasteiger partial charge in [-0.2, -0.15) is 0 Å². The van der Waals surface area contributed by atoms with Crippen LogP contribution < -0.4 is 5.32 Å². The summed E-state index contributed by atoms with van der Waals surface area (Å²) >= 11 is 1.47. The highest BCUT2D eigenvalue weighted by atomic mass is 32.1. The third-order valence-corrected chi connectivity index (χ3v) is 5.44. The summed E-state index contributed by atoms with van der Waals surface area (Å²) in [6.07, 6.45) is 2.85. The van der Waals surface area contributed by atoms with Gasteiger partial charge in [-0.25, -0.2) is 9.48 Å². The molecule has 0 saturated heterocycles. The van der Waals surface area contributed by atoms with Crippen LogP contribution in [0.5, 0.6) is 0 Å². The number of tetrazole rings is 1. The molecule has 1 N–H and O–H groups in total. The minimum absolute atomic E-state index is 0.0464. The third-order valence-electron chi connectivity index (χ3n) is 4.27. The van der Waals surface area contributed by atoms with Gasteiger partial charge < -0.3 is 10.1 Å². The number of aryl methyl sites for hydroxylation is 1. The van der Waals surface area contributed by atoms with Gasteiger partial charge in [-0.1, -0.05) is 6.92 Å². The second-order valence-corrected chi connectivity index (χ2v) is 7.33. The first-order chi connectivity index (χ1) is 12.0. The molecule has 0 radical (unpaired) electrons. The molecule has 0 aliphatic heterocycles. The largest absolute Gasteiger partial charge is 0.462 e. The molecule has 1 amide bonds. The fourth-order valence-corrected chi connectivity index (χ4v) is 4.39. The molecule has 1 aliphatic carbocycles. The number of carbonyl (C=O) groups is 2. The number of fused-ring (bicyclic) bond motifs is 1. The molecule has 8 nitrogen and oxygen atoms in total. The first-order valence-corrected chi connectivity index (χ1v) is 9.14. The van der Waals surface area contributed by atoms with E-state index in [0.717, 1.165) is 29.7 Å². The highest BCUT2D eigenvalue weighted by Crippen LogP contribution is 2.40. The molecule has 0 saturated carbocycles. The number of amides is 1. The van der Waals surface area contributed by atoms with Crippen LogP contribution in [0.4, 0.5) is 5.00 Å². The van der Waals surface area contributed by atoms with Crippen molar-refractivity contribution in [3.63, 3.8) is 0 Å². The summed E-state index contributed by atoms with van der Waals surface area (Å²) in [4.78, 5) is 26.0. The molecule has 0 bridgehead atoms. The Bertz CT molecular complexity index is 798. The van der Waals surface area contributed by atoms with Crippen LogP contribution in [0, 0.1) is 5.92 Å². The fourth-order valence-electron chi connectivity index (χ4n) is 2.97. The van der Waals surface area contributed by atoms with E-state index in [4.69, 9.17) is 4.74 Å². The van der Waals surface area contributed by atoms with E-state index in [9.17, 15) is 9.59 Å². The van der Waals surface area contributed by atoms with Crippen molar-refractivity contribution in [2.75, 3.05) is 11.9 Å². The quantitative estimate of drug-likeness (QED) is 0.813. The Balaban J connectivity index is 1.85. The second kappa shape index (κ2) is 7.30. The Hall–Kier alpha value is -2.29. The minimum Gasteiger partial charge on any atom is -0.462 e. The molecule has 1 unspecified atom stereocenters. The number of rotatable bonds is 5. The number of nitrogens with one attached hydrogen (secondary N) is 1. The predicted molar refractivity (Wildman–Crippen MR) is 92.6 cm³/mol. The van der Waals surface area contributed by atoms with Gasteiger partial charge in [0.2, 0.25) is 5.91 Å². The van der Waals surface area contributed by atoms with E-state index in [0.29, 0.717) is 28.9 Å². The summed E-state index contributed by atoms with van der Waals surface area (Å²) in [6.45, 7) is 4.28. The Kier molecular flexibility index (Phi) is 5.12. The van der Waals surface area contributed by atoms with Gasteiger partial charge >= 0.3 is 5.97 Å². The summed E-state index contributed by atoms with van der Waals surface area (Å²) in [5.41, 5.74) is 1.54. The lowest BCUT2D eigenvalue weighted by atomic mass is 9.88. The van der Waals surface area contributed by atoms with Crippen molar-refractivity contribution < 1.29 is 14.3 Å². The van der Waals surface area contributed by atoms with E-state index < -0.39 is 0 Å². The molecule has 3 rings (SSSR count). The standard InChI is InChI=1S/C16H21N5O3S/c1-4-24-16(23)14-10-6-5-9(2)7-11(10)25-15(14)17-13(22)8-12-18-19-20-21(12)3/h9H,4-8H2,1-3H3,(H,17,22). The van der Waals surface area contributed by atoms with Crippen LogP contribution in [-0.4, -0.2) is 38.7 Å². The van der Waals surface area contributed by atoms with Crippen LogP contribution >= 0.6 is 11.3 Å². The maximum atomic E-state index is 12.4. The lowest BCUT2D eigenvalue weighted by Gasteiger charge is -2.18. The molecule has 2 aromatic rings. The van der Waals surface area contributed by atoms with Crippen molar-refractivity contribution in [3.05, 3.63) is 21.8 Å². The van der Waals surface area contributed by atoms with Crippen molar-refractivity contribution in [2.24, 2.45) is 13.0 Å². The summed E-state index contributed by atoms with van der Waals surface area (Å²) in [6, 6.07) is 0. The summed E-state index contributed by atoms with van der Waals surface area (Å²) in [5.74, 6) is 0.417. The van der Waals surface area contributed by atoms with E-state index >= 15 is 0 Å². The monoisotopic (exact) mass is 363 g/mol. The first kappa shape index (κ1) is 17.5. The van der Waals surface area contributed by atoms with Crippen molar-refractivity contribution in [1.29, 1.82) is 0 Å². The SMILES string of the molecule is CCOC(=O)c1c(NC(=O)Cc2nnnn2C)sc2c1CCC(C)C2. The number of thiophene rings is 1. The number of hydrogen-bond acceptors (Lipinski definition) is 7. The number of nitrogens with zero attached hydrogens (tertiary/aromatic N) is 4. The topological polar surface area (TPSA) is 99.0 Å². The Labute approximate surface area is 149 Å². The molecule has 25 heavy (non-hydrogen) atoms. The van der Waals surface area contributed by atoms with Crippen LogP contribution in [0.15, 0.2) is 0 Å². The maximum Gasteiger partial charge on any atom is 0.341 e. The lowest BCUT2D eigenvalue weighted by Crippen LogP contribution is -2.19. The van der Waals surface area contributed by atoms with E-state index in [1.165, 1.54) is 16.0 Å². The van der Waals surface area contributed by atoms with Crippen molar-refractivity contribution in [2.45, 2.75) is 39.5 Å². The van der Waals surface area contributed by atoms with Crippen molar-refractivity contribution >= 4 is 28.2 Å². The van der Waals surface area contributed by atoms with Gasteiger partial charge in [0.05, 0.1) is 18.6 Å². The van der Waals surface area contributed by atoms with Crippen LogP contribution in [0.25, 0.3) is 0 Å². The van der Waals surface area contributed by atoms with Gasteiger partial charge in [-0.15, -0.1) is 16.4 Å². The van der Waals surface area contributed by atoms with Gasteiger partial charge in [0.15, 0.2) is 5.82 Å². The zero-order valence-corrected chi connectivity index (χ0v) is 15.4. The van der Waals surface area contributed by atoms with Gasteiger partial charge in [-0.3, -0.25) is 4.79 Å². The molecular formula is C16H21N5O3S. The van der Waals surface area contributed by atoms with E-state index in [1.807, 2.05) is 0 Å². The second-order valence-electron chi connectivity index (χ2n) is 6.22. The average molecular weight is 363 g/mol. The number of esters is 1. The predicted octanol–water partition coefficient (Wildman–Crippen LogP) is 1.75. The molecule has 2 aromatic heterocycles. The zero-order valence-electron chi connectivity index (χ0n) is 14.5. The number of carbonyl (C=O) groups excluding carboxylic acids is 2. The van der Waals surface area contributed by atoms with E-state index in [2.05, 4.69) is 27.8 Å². The van der Waals surface area contributed by atoms with Crippen molar-refractivity contribution in [1.82, 2.24) is 20.2 Å². The highest BCUT2D eigenvalue weighted by molar-refractivity contribution is 7.17. The zero-order chi connectivity index (χ0) is 18.0. The Morgan fingerprint density at radius 3 is 2.92 bits per heavy atom. The van der Waals surface area contributed by atoms with E-state index in [1.54, 1.807) is 14.0 Å². The maximum absolute atomic E-state index is 12.4. The molecule has 0 spiro atoms. The molecule has 9 heteroatoms. The van der Waals surface area contributed by atoms with Gasteiger partial charge in [0.1, 0.15) is 5.00 Å². The summed E-state index contributed by atoms with van der Waals surface area (Å²) < 4.78 is 6.66. The summed E-state index contributed by atoms with van der Waals surface area (Å²) in [7, 11) is 1.68. The first-order valence-electron chi connectivity index (χ1n) is 8.32. The molecule has 0 fully saturated rings. The fraction of sp³-hybridized carbons (Fsp3) is 0.562. The van der Waals surface area contributed by atoms with Crippen LogP contribution in [0.3, 0.4) is 0 Å². The van der Waals surface area contributed by atoms with Crippen LogP contribution in [0.2, 0.25) is 0 Å². The number of aromatic nitrogens is 4. The average Bonchev–Trinajstić information content (AvgIpc) is 3.10. The number of hydrogen-bond donors (Lipinski definition) is 1. The Morgan fingerprint density at radius 1 is 1.44 bits per heavy atom. The van der Waals surface area contributed by atoms with Crippen LogP contribution in [-0.2, 0) is 35.8 Å². The van der Waals surface area contributed by atoms with Gasteiger partial charge in [-0.05, 0) is 48.1 Å². The smallest absolute Gasteiger partial charge is 0.341 e. The molecular weight excluding hydrogens is 342 g/mol. The normalized spacial score (nSPS) is 16.4. The van der Waals surface area contributed by atoms with E-state index in [-0.39, 0.29) is 18.3 Å². The Morgan fingerprint density at radius 2 is 2.24 bits per heavy atom. The van der Waals surface area contributed by atoms with Gasteiger partial charge in [0, 0.05) is 11.9 Å². The van der Waals surface area contributed by atoms with Crippen molar-refractivity contribution in [3.8, 4) is 0 Å². The van der Waals surface area contributed by atoms with Gasteiger partial charge in [0.25, 0.3) is 0 Å². The number of ether oxygens (including phenoxy) is 1. The third kappa shape index (κ3) is 3.71. The molecule has 0 aromatic carbocycles. The molecule has 134 valence electrons. The summed E-state index contributed by atoms with van der Waals surface area (Å²) in [5, 5.41) is 14.5. The highest BCUT2D eigenvalue weighted by Gasteiger charge is 2.29. The molecule has 2 heterocycles. The molecule has 1 aliphatic rings. The minimum atomic E-state index is -0.370.